The van der Waals surface area contributed by atoms with Crippen LogP contribution < -0.4 is 5.73 Å². The lowest BCUT2D eigenvalue weighted by Crippen LogP contribution is -2.00. The molecule has 0 saturated heterocycles. The van der Waals surface area contributed by atoms with Gasteiger partial charge in [0, 0.05) is 15.6 Å². The molecule has 2 rings (SSSR count). The van der Waals surface area contributed by atoms with Crippen LogP contribution in [0.5, 0.6) is 0 Å². The van der Waals surface area contributed by atoms with Crippen LogP contribution in [0.3, 0.4) is 0 Å². The third-order valence-electron chi connectivity index (χ3n) is 2.29. The van der Waals surface area contributed by atoms with Crippen LogP contribution in [0.1, 0.15) is 12.3 Å². The largest absolute Gasteiger partial charge is 0.441 e. The van der Waals surface area contributed by atoms with Gasteiger partial charge in [-0.05, 0) is 41.6 Å². The van der Waals surface area contributed by atoms with E-state index in [9.17, 15) is 0 Å². The normalized spacial score (nSPS) is 10.6. The van der Waals surface area contributed by atoms with Crippen molar-refractivity contribution in [2.45, 2.75) is 12.8 Å². The van der Waals surface area contributed by atoms with E-state index in [2.05, 4.69) is 33.6 Å². The van der Waals surface area contributed by atoms with Gasteiger partial charge < -0.3 is 10.2 Å². The Balaban J connectivity index is 2.22. The van der Waals surface area contributed by atoms with Gasteiger partial charge in [0.05, 0.1) is 6.20 Å². The van der Waals surface area contributed by atoms with E-state index in [1.165, 1.54) is 3.57 Å². The van der Waals surface area contributed by atoms with E-state index < -0.39 is 0 Å². The number of hydrogen-bond acceptors (Lipinski definition) is 3. The summed E-state index contributed by atoms with van der Waals surface area (Å²) in [5.41, 5.74) is 6.54. The Labute approximate surface area is 108 Å². The quantitative estimate of drug-likeness (QED) is 0.878. The summed E-state index contributed by atoms with van der Waals surface area (Å²) in [5, 5.41) is 0. The minimum absolute atomic E-state index is 0.667. The van der Waals surface area contributed by atoms with Gasteiger partial charge in [0.1, 0.15) is 0 Å². The molecule has 0 aliphatic heterocycles. The topological polar surface area (TPSA) is 52.0 Å². The molecule has 84 valence electrons. The van der Waals surface area contributed by atoms with Crippen molar-refractivity contribution in [3.8, 4) is 11.3 Å². The van der Waals surface area contributed by atoms with Gasteiger partial charge in [-0.1, -0.05) is 18.2 Å². The van der Waals surface area contributed by atoms with Gasteiger partial charge in [0.15, 0.2) is 11.7 Å². The summed E-state index contributed by atoms with van der Waals surface area (Å²) >= 11 is 2.29. The second-order valence-electron chi connectivity index (χ2n) is 3.49. The molecule has 1 aromatic heterocycles. The number of rotatable bonds is 4. The van der Waals surface area contributed by atoms with Crippen LogP contribution >= 0.6 is 22.6 Å². The van der Waals surface area contributed by atoms with Crippen molar-refractivity contribution in [3.05, 3.63) is 39.9 Å². The highest BCUT2D eigenvalue weighted by Crippen LogP contribution is 2.25. The van der Waals surface area contributed by atoms with Crippen LogP contribution in [-0.4, -0.2) is 11.5 Å². The first-order chi connectivity index (χ1) is 7.81. The van der Waals surface area contributed by atoms with Gasteiger partial charge in [-0.25, -0.2) is 4.98 Å². The molecule has 0 saturated carbocycles. The Bertz CT molecular complexity index is 468. The average molecular weight is 328 g/mol. The first-order valence-corrected chi connectivity index (χ1v) is 6.29. The first-order valence-electron chi connectivity index (χ1n) is 5.21. The van der Waals surface area contributed by atoms with Crippen molar-refractivity contribution >= 4 is 22.6 Å². The molecule has 1 aromatic carbocycles. The van der Waals surface area contributed by atoms with E-state index in [0.717, 1.165) is 30.1 Å². The molecule has 0 atom stereocenters. The zero-order valence-electron chi connectivity index (χ0n) is 8.82. The van der Waals surface area contributed by atoms with E-state index in [1.807, 2.05) is 18.2 Å². The van der Waals surface area contributed by atoms with Crippen LogP contribution in [0.2, 0.25) is 0 Å². The smallest absolute Gasteiger partial charge is 0.194 e. The van der Waals surface area contributed by atoms with Crippen LogP contribution in [0.25, 0.3) is 11.3 Å². The van der Waals surface area contributed by atoms with Crippen molar-refractivity contribution in [1.82, 2.24) is 4.98 Å². The summed E-state index contributed by atoms with van der Waals surface area (Å²) in [6.45, 7) is 0.667. The average Bonchev–Trinajstić information content (AvgIpc) is 2.75. The van der Waals surface area contributed by atoms with Gasteiger partial charge in [-0.3, -0.25) is 0 Å². The molecule has 3 nitrogen and oxygen atoms in total. The third kappa shape index (κ3) is 2.62. The number of nitrogens with two attached hydrogens (primary N) is 1. The third-order valence-corrected chi connectivity index (χ3v) is 3.23. The lowest BCUT2D eigenvalue weighted by Gasteiger charge is -1.98. The second kappa shape index (κ2) is 5.45. The lowest BCUT2D eigenvalue weighted by molar-refractivity contribution is 0.499. The van der Waals surface area contributed by atoms with Crippen LogP contribution in [0, 0.1) is 3.57 Å². The molecule has 0 amide bonds. The standard InChI is InChI=1S/C12H13IN2O/c13-10-5-2-1-4-9(10)11-8-15-12(16-11)6-3-7-14/h1-2,4-5,8H,3,6-7,14H2. The molecule has 4 heteroatoms. The van der Waals surface area contributed by atoms with Crippen LogP contribution in [0.4, 0.5) is 0 Å². The van der Waals surface area contributed by atoms with Crippen LogP contribution in [-0.2, 0) is 6.42 Å². The molecule has 0 unspecified atom stereocenters. The van der Waals surface area contributed by atoms with Gasteiger partial charge in [-0.15, -0.1) is 0 Å². The summed E-state index contributed by atoms with van der Waals surface area (Å²) in [7, 11) is 0. The molecule has 0 fully saturated rings. The Morgan fingerprint density at radius 2 is 2.12 bits per heavy atom. The summed E-state index contributed by atoms with van der Waals surface area (Å²) in [4.78, 5) is 4.25. The predicted molar refractivity (Wildman–Crippen MR) is 72.0 cm³/mol. The minimum Gasteiger partial charge on any atom is -0.441 e. The van der Waals surface area contributed by atoms with Gasteiger partial charge in [0.25, 0.3) is 0 Å². The molecular weight excluding hydrogens is 315 g/mol. The van der Waals surface area contributed by atoms with Gasteiger partial charge in [0.2, 0.25) is 0 Å². The van der Waals surface area contributed by atoms with Gasteiger partial charge >= 0.3 is 0 Å². The summed E-state index contributed by atoms with van der Waals surface area (Å²) in [6.07, 6.45) is 3.50. The van der Waals surface area contributed by atoms with E-state index in [4.69, 9.17) is 10.2 Å². The number of halogens is 1. The van der Waals surface area contributed by atoms with Crippen LogP contribution in [0.15, 0.2) is 34.9 Å². The maximum Gasteiger partial charge on any atom is 0.194 e. The Morgan fingerprint density at radius 3 is 2.88 bits per heavy atom. The summed E-state index contributed by atoms with van der Waals surface area (Å²) in [6, 6.07) is 8.10. The van der Waals surface area contributed by atoms with E-state index in [0.29, 0.717) is 6.54 Å². The van der Waals surface area contributed by atoms with Crippen molar-refractivity contribution in [2.75, 3.05) is 6.54 Å². The zero-order valence-corrected chi connectivity index (χ0v) is 11.0. The molecule has 0 bridgehead atoms. The number of hydrogen-bond donors (Lipinski definition) is 1. The van der Waals surface area contributed by atoms with Crippen molar-refractivity contribution in [1.29, 1.82) is 0 Å². The monoisotopic (exact) mass is 328 g/mol. The highest BCUT2D eigenvalue weighted by atomic mass is 127. The number of aryl methyl sites for hydroxylation is 1. The molecule has 1 heterocycles. The van der Waals surface area contributed by atoms with Gasteiger partial charge in [-0.2, -0.15) is 0 Å². The summed E-state index contributed by atoms with van der Waals surface area (Å²) in [5.74, 6) is 1.59. The summed E-state index contributed by atoms with van der Waals surface area (Å²) < 4.78 is 6.85. The fourth-order valence-corrected chi connectivity index (χ4v) is 2.12. The SMILES string of the molecule is NCCCc1ncc(-c2ccccc2I)o1. The fraction of sp³-hybridized carbons (Fsp3) is 0.250. The van der Waals surface area contributed by atoms with E-state index in [-0.39, 0.29) is 0 Å². The number of nitrogens with zero attached hydrogens (tertiary/aromatic N) is 1. The maximum atomic E-state index is 5.68. The fourth-order valence-electron chi connectivity index (χ4n) is 1.46. The van der Waals surface area contributed by atoms with E-state index >= 15 is 0 Å². The van der Waals surface area contributed by atoms with E-state index in [1.54, 1.807) is 6.20 Å². The Kier molecular flexibility index (Phi) is 3.95. The Hall–Kier alpha value is -0.880. The Morgan fingerprint density at radius 1 is 1.31 bits per heavy atom. The molecule has 0 aliphatic carbocycles. The molecular formula is C12H13IN2O. The maximum absolute atomic E-state index is 5.68. The number of benzene rings is 1. The highest BCUT2D eigenvalue weighted by Gasteiger charge is 2.08. The highest BCUT2D eigenvalue weighted by molar-refractivity contribution is 14.1. The number of aromatic nitrogens is 1. The predicted octanol–water partition coefficient (Wildman–Crippen LogP) is 2.84. The minimum atomic E-state index is 0.667. The molecule has 0 spiro atoms. The molecule has 0 radical (unpaired) electrons. The second-order valence-corrected chi connectivity index (χ2v) is 4.65. The molecule has 16 heavy (non-hydrogen) atoms. The first kappa shape index (κ1) is 11.6. The molecule has 0 aliphatic rings. The zero-order chi connectivity index (χ0) is 11.4. The number of oxazole rings is 1. The van der Waals surface area contributed by atoms with Crippen molar-refractivity contribution < 1.29 is 4.42 Å². The molecule has 2 N–H and O–H groups in total. The van der Waals surface area contributed by atoms with Crippen molar-refractivity contribution in [2.24, 2.45) is 5.73 Å². The molecule has 2 aromatic rings. The van der Waals surface area contributed by atoms with Crippen molar-refractivity contribution in [3.63, 3.8) is 0 Å². The lowest BCUT2D eigenvalue weighted by atomic mass is 10.2.